The Balaban J connectivity index is 4.23. The normalized spacial score (nSPS) is 12.6. The molecule has 0 saturated heterocycles. The van der Waals surface area contributed by atoms with Crippen LogP contribution in [0.5, 0.6) is 0 Å². The number of nitrogens with zero attached hydrogens (tertiary/aromatic N) is 1. The summed E-state index contributed by atoms with van der Waals surface area (Å²) in [6.07, 6.45) is 0.907. The Morgan fingerprint density at radius 3 is 2.29 bits per heavy atom. The zero-order chi connectivity index (χ0) is 11.1. The number of rotatable bonds is 6. The lowest BCUT2D eigenvalue weighted by Gasteiger charge is -2.25. The summed E-state index contributed by atoms with van der Waals surface area (Å²) in [4.78, 5) is 23.8. The van der Waals surface area contributed by atoms with Crippen LogP contribution in [0, 0.1) is 0 Å². The number of ether oxygens (including phenoxy) is 1. The van der Waals surface area contributed by atoms with Gasteiger partial charge in [0.05, 0.1) is 20.2 Å². The molecule has 0 spiro atoms. The first kappa shape index (κ1) is 13.1. The minimum Gasteiger partial charge on any atom is -0.468 e. The number of methoxy groups -OCH3 is 1. The number of carbonyl (C=O) groups excluding carboxylic acids is 2. The van der Waals surface area contributed by atoms with E-state index in [4.69, 9.17) is 0 Å². The molecule has 0 aliphatic heterocycles. The highest BCUT2D eigenvalue weighted by atomic mass is 16.5. The Labute approximate surface area is 85.2 Å². The highest BCUT2D eigenvalue weighted by molar-refractivity contribution is 5.79. The molecule has 0 fully saturated rings. The third kappa shape index (κ3) is 4.97. The van der Waals surface area contributed by atoms with Gasteiger partial charge >= 0.3 is 5.97 Å². The summed E-state index contributed by atoms with van der Waals surface area (Å²) >= 11 is 0. The minimum absolute atomic E-state index is 0.0641. The fourth-order valence-electron chi connectivity index (χ4n) is 1.14. The van der Waals surface area contributed by atoms with Crippen LogP contribution >= 0.6 is 0 Å². The molecule has 0 aliphatic carbocycles. The van der Waals surface area contributed by atoms with E-state index < -0.39 is 0 Å². The molecule has 0 amide bonds. The average molecular weight is 201 g/mol. The molecule has 0 heterocycles. The van der Waals surface area contributed by atoms with Crippen molar-refractivity contribution in [1.82, 2.24) is 4.90 Å². The first-order valence-electron chi connectivity index (χ1n) is 4.81. The number of ketones is 1. The van der Waals surface area contributed by atoms with Crippen molar-refractivity contribution in [2.24, 2.45) is 0 Å². The van der Waals surface area contributed by atoms with E-state index in [1.165, 1.54) is 14.0 Å². The van der Waals surface area contributed by atoms with E-state index in [2.05, 4.69) is 4.74 Å². The third-order valence-electron chi connectivity index (χ3n) is 2.20. The minimum atomic E-state index is -0.299. The van der Waals surface area contributed by atoms with Crippen LogP contribution in [0.4, 0.5) is 0 Å². The van der Waals surface area contributed by atoms with Crippen molar-refractivity contribution < 1.29 is 14.3 Å². The summed E-state index contributed by atoms with van der Waals surface area (Å²) in [5.74, 6) is -0.235. The molecule has 14 heavy (non-hydrogen) atoms. The molecule has 0 aromatic carbocycles. The van der Waals surface area contributed by atoms with Crippen LogP contribution < -0.4 is 0 Å². The van der Waals surface area contributed by atoms with Gasteiger partial charge in [0.25, 0.3) is 0 Å². The van der Waals surface area contributed by atoms with Crippen molar-refractivity contribution in [1.29, 1.82) is 0 Å². The van der Waals surface area contributed by atoms with Gasteiger partial charge in [-0.1, -0.05) is 6.92 Å². The molecule has 0 saturated carbocycles. The fraction of sp³-hybridized carbons (Fsp3) is 0.800. The predicted molar refractivity (Wildman–Crippen MR) is 54.0 cm³/mol. The molecule has 0 aromatic rings. The fourth-order valence-corrected chi connectivity index (χ4v) is 1.14. The smallest absolute Gasteiger partial charge is 0.319 e. The van der Waals surface area contributed by atoms with Gasteiger partial charge in [0.15, 0.2) is 0 Å². The molecule has 1 atom stereocenters. The highest BCUT2D eigenvalue weighted by Gasteiger charge is 2.17. The summed E-state index contributed by atoms with van der Waals surface area (Å²) in [5.41, 5.74) is 0. The molecule has 0 unspecified atom stereocenters. The quantitative estimate of drug-likeness (QED) is 0.598. The highest BCUT2D eigenvalue weighted by Crippen LogP contribution is 2.03. The molecule has 0 bridgehead atoms. The van der Waals surface area contributed by atoms with Crippen LogP contribution in [0.3, 0.4) is 0 Å². The molecule has 4 nitrogen and oxygen atoms in total. The van der Waals surface area contributed by atoms with Crippen molar-refractivity contribution in [3.05, 3.63) is 0 Å². The van der Waals surface area contributed by atoms with Crippen LogP contribution in [0.15, 0.2) is 0 Å². The SMILES string of the molecule is CC[C@H](C)N(CC(C)=O)CC(=O)OC. The number of hydrogen-bond acceptors (Lipinski definition) is 4. The maximum absolute atomic E-state index is 11.0. The topological polar surface area (TPSA) is 46.6 Å². The van der Waals surface area contributed by atoms with E-state index in [0.717, 1.165) is 6.42 Å². The largest absolute Gasteiger partial charge is 0.468 e. The van der Waals surface area contributed by atoms with Gasteiger partial charge in [-0.25, -0.2) is 0 Å². The van der Waals surface area contributed by atoms with E-state index >= 15 is 0 Å². The maximum Gasteiger partial charge on any atom is 0.319 e. The Hall–Kier alpha value is -0.900. The van der Waals surface area contributed by atoms with Gasteiger partial charge in [0, 0.05) is 6.04 Å². The van der Waals surface area contributed by atoms with Crippen molar-refractivity contribution in [3.8, 4) is 0 Å². The maximum atomic E-state index is 11.0. The Morgan fingerprint density at radius 2 is 1.93 bits per heavy atom. The predicted octanol–water partition coefficient (Wildman–Crippen LogP) is 0.849. The molecule has 0 radical (unpaired) electrons. The van der Waals surface area contributed by atoms with Crippen LogP contribution in [0.1, 0.15) is 27.2 Å². The lowest BCUT2D eigenvalue weighted by Crippen LogP contribution is -2.40. The Morgan fingerprint density at radius 1 is 1.36 bits per heavy atom. The van der Waals surface area contributed by atoms with Gasteiger partial charge in [-0.15, -0.1) is 0 Å². The number of esters is 1. The number of Topliss-reactive ketones (excluding diaryl/α,β-unsaturated/α-hetero) is 1. The van der Waals surface area contributed by atoms with Crippen molar-refractivity contribution >= 4 is 11.8 Å². The zero-order valence-electron chi connectivity index (χ0n) is 9.37. The third-order valence-corrected chi connectivity index (χ3v) is 2.20. The molecule has 0 aromatic heterocycles. The summed E-state index contributed by atoms with van der Waals surface area (Å²) in [7, 11) is 1.35. The van der Waals surface area contributed by atoms with Gasteiger partial charge in [-0.3, -0.25) is 14.5 Å². The van der Waals surface area contributed by atoms with E-state index in [1.54, 1.807) is 0 Å². The molecule has 0 aliphatic rings. The van der Waals surface area contributed by atoms with E-state index in [1.807, 2.05) is 18.7 Å². The van der Waals surface area contributed by atoms with Crippen LogP contribution in [-0.2, 0) is 14.3 Å². The number of hydrogen-bond donors (Lipinski definition) is 0. The van der Waals surface area contributed by atoms with Gasteiger partial charge in [-0.05, 0) is 20.3 Å². The molecule has 82 valence electrons. The van der Waals surface area contributed by atoms with Crippen molar-refractivity contribution in [2.75, 3.05) is 20.2 Å². The van der Waals surface area contributed by atoms with E-state index in [0.29, 0.717) is 6.54 Å². The monoisotopic (exact) mass is 201 g/mol. The standard InChI is InChI=1S/C10H19NO3/c1-5-8(2)11(6-9(3)12)7-10(13)14-4/h8H,5-7H2,1-4H3/t8-/m0/s1. The number of carbonyl (C=O) groups is 2. The molecular weight excluding hydrogens is 182 g/mol. The summed E-state index contributed by atoms with van der Waals surface area (Å²) in [6, 6.07) is 0.220. The first-order valence-corrected chi connectivity index (χ1v) is 4.81. The first-order chi connectivity index (χ1) is 6.51. The molecule has 0 rings (SSSR count). The van der Waals surface area contributed by atoms with Gasteiger partial charge < -0.3 is 4.74 Å². The zero-order valence-corrected chi connectivity index (χ0v) is 9.37. The van der Waals surface area contributed by atoms with Crippen molar-refractivity contribution in [2.45, 2.75) is 33.2 Å². The lowest BCUT2D eigenvalue weighted by molar-refractivity contribution is -0.142. The summed E-state index contributed by atoms with van der Waals surface area (Å²) in [6.45, 7) is 6.03. The summed E-state index contributed by atoms with van der Waals surface area (Å²) < 4.78 is 4.57. The van der Waals surface area contributed by atoms with Gasteiger partial charge in [0.2, 0.25) is 0 Å². The molecule has 4 heteroatoms. The van der Waals surface area contributed by atoms with Crippen LogP contribution in [-0.4, -0.2) is 42.9 Å². The molecular formula is C10H19NO3. The van der Waals surface area contributed by atoms with E-state index in [9.17, 15) is 9.59 Å². The second-order valence-electron chi connectivity index (χ2n) is 3.44. The second kappa shape index (κ2) is 6.54. The van der Waals surface area contributed by atoms with E-state index in [-0.39, 0.29) is 24.3 Å². The molecule has 0 N–H and O–H groups in total. The van der Waals surface area contributed by atoms with Crippen LogP contribution in [0.2, 0.25) is 0 Å². The second-order valence-corrected chi connectivity index (χ2v) is 3.44. The Kier molecular flexibility index (Phi) is 6.12. The van der Waals surface area contributed by atoms with Gasteiger partial charge in [-0.2, -0.15) is 0 Å². The average Bonchev–Trinajstić information content (AvgIpc) is 2.14. The van der Waals surface area contributed by atoms with Crippen molar-refractivity contribution in [3.63, 3.8) is 0 Å². The van der Waals surface area contributed by atoms with Crippen LogP contribution in [0.25, 0.3) is 0 Å². The van der Waals surface area contributed by atoms with Gasteiger partial charge in [0.1, 0.15) is 5.78 Å². The Bertz CT molecular complexity index is 204. The summed E-state index contributed by atoms with van der Waals surface area (Å²) in [5, 5.41) is 0. The lowest BCUT2D eigenvalue weighted by atomic mass is 10.2.